The Morgan fingerprint density at radius 3 is 2.10 bits per heavy atom. The Balaban J connectivity index is 2.28. The molecule has 1 atom stereocenters. The Morgan fingerprint density at radius 1 is 0.967 bits per heavy atom. The first-order valence-electron chi connectivity index (χ1n) is 9.56. The summed E-state index contributed by atoms with van der Waals surface area (Å²) in [5.41, 5.74) is 1.78. The molecule has 0 radical (unpaired) electrons. The summed E-state index contributed by atoms with van der Waals surface area (Å²) in [4.78, 5) is 0.241. The van der Waals surface area contributed by atoms with E-state index in [2.05, 4.69) is 6.58 Å². The van der Waals surface area contributed by atoms with Gasteiger partial charge >= 0.3 is 185 Å². The molecule has 0 amide bonds. The topological polar surface area (TPSA) is 54.4 Å². The summed E-state index contributed by atoms with van der Waals surface area (Å²) in [7, 11) is -3.91. The minimum atomic E-state index is -3.91. The monoisotopic (exact) mass is 484 g/mol. The van der Waals surface area contributed by atoms with E-state index >= 15 is 0 Å². The zero-order chi connectivity index (χ0) is 21.6. The van der Waals surface area contributed by atoms with E-state index in [4.69, 9.17) is 0 Å². The maximum atomic E-state index is 13.7. The number of aliphatic hydroxyl groups is 1. The van der Waals surface area contributed by atoms with Gasteiger partial charge in [0.25, 0.3) is 0 Å². The van der Waals surface area contributed by atoms with E-state index in [1.807, 2.05) is 67.6 Å². The number of hydrogen-bond acceptors (Lipinski definition) is 3. The molecule has 5 heteroatoms. The van der Waals surface area contributed by atoms with Crippen LogP contribution in [0, 0.1) is 6.92 Å². The first-order chi connectivity index (χ1) is 14.4. The van der Waals surface area contributed by atoms with Gasteiger partial charge in [-0.1, -0.05) is 0 Å². The molecule has 0 heterocycles. The SMILES string of the molecule is C=CCC(O)/C(=C(/[Se]c1ccccc1)c1ccccc1)S(=O)(=O)c1ccc(C)cc1. The third kappa shape index (κ3) is 5.18. The third-order valence-corrected chi connectivity index (χ3v) is 9.23. The quantitative estimate of drug-likeness (QED) is 0.388. The van der Waals surface area contributed by atoms with Gasteiger partial charge in [0.2, 0.25) is 0 Å². The van der Waals surface area contributed by atoms with Gasteiger partial charge in [-0.2, -0.15) is 0 Å². The molecule has 3 aromatic rings. The predicted molar refractivity (Wildman–Crippen MR) is 124 cm³/mol. The molecule has 1 N–H and O–H groups in total. The maximum absolute atomic E-state index is 13.7. The Bertz CT molecular complexity index is 1120. The summed E-state index contributed by atoms with van der Waals surface area (Å²) in [5.74, 6) is 0. The molecule has 0 aromatic heterocycles. The van der Waals surface area contributed by atoms with Crippen molar-refractivity contribution >= 4 is 33.7 Å². The summed E-state index contributed by atoms with van der Waals surface area (Å²) in [6.07, 6.45) is 0.532. The van der Waals surface area contributed by atoms with E-state index in [1.165, 1.54) is 0 Å². The second kappa shape index (κ2) is 10.1. The van der Waals surface area contributed by atoms with Crippen molar-refractivity contribution in [2.24, 2.45) is 0 Å². The van der Waals surface area contributed by atoms with Crippen LogP contribution in [0.4, 0.5) is 0 Å². The standard InChI is InChI=1S/C25H24O3SSe/c1-3-10-23(26)24(29(27,28)21-17-15-19(2)16-18-21)25(20-11-6-4-7-12-20)30-22-13-8-5-9-14-22/h3-9,11-18,23,26H,1,10H2,2H3/b25-24-. The minimum absolute atomic E-state index is 0.0568. The van der Waals surface area contributed by atoms with Crippen molar-refractivity contribution in [3.05, 3.63) is 114 Å². The van der Waals surface area contributed by atoms with Gasteiger partial charge in [-0.3, -0.25) is 0 Å². The molecule has 3 rings (SSSR count). The Morgan fingerprint density at radius 2 is 1.53 bits per heavy atom. The fourth-order valence-electron chi connectivity index (χ4n) is 3.01. The Kier molecular flexibility index (Phi) is 7.46. The number of benzene rings is 3. The molecule has 30 heavy (non-hydrogen) atoms. The average Bonchev–Trinajstić information content (AvgIpc) is 2.75. The van der Waals surface area contributed by atoms with Gasteiger partial charge in [0.05, 0.1) is 0 Å². The molecule has 0 bridgehead atoms. The van der Waals surface area contributed by atoms with Crippen molar-refractivity contribution < 1.29 is 13.5 Å². The van der Waals surface area contributed by atoms with Crippen LogP contribution in [0.5, 0.6) is 0 Å². The summed E-state index contributed by atoms with van der Waals surface area (Å²) < 4.78 is 29.1. The molecule has 0 saturated carbocycles. The van der Waals surface area contributed by atoms with Gasteiger partial charge in [-0.15, -0.1) is 0 Å². The first kappa shape index (κ1) is 22.3. The van der Waals surface area contributed by atoms with E-state index in [0.717, 1.165) is 15.6 Å². The molecule has 0 aliphatic heterocycles. The van der Waals surface area contributed by atoms with E-state index < -0.39 is 15.9 Å². The summed E-state index contributed by atoms with van der Waals surface area (Å²) in [5, 5.41) is 11.0. The van der Waals surface area contributed by atoms with Crippen molar-refractivity contribution in [3.8, 4) is 0 Å². The molecule has 0 fully saturated rings. The van der Waals surface area contributed by atoms with Gasteiger partial charge in [0, 0.05) is 0 Å². The zero-order valence-electron chi connectivity index (χ0n) is 16.7. The molecule has 154 valence electrons. The molecule has 0 aliphatic carbocycles. The van der Waals surface area contributed by atoms with Crippen LogP contribution in [0.3, 0.4) is 0 Å². The number of rotatable bonds is 8. The van der Waals surface area contributed by atoms with Crippen LogP contribution in [0.1, 0.15) is 17.5 Å². The molecular formula is C25H24O3SSe. The van der Waals surface area contributed by atoms with Gasteiger partial charge in [0.1, 0.15) is 0 Å². The molecular weight excluding hydrogens is 459 g/mol. The number of sulfone groups is 1. The van der Waals surface area contributed by atoms with Gasteiger partial charge in [0.15, 0.2) is 0 Å². The van der Waals surface area contributed by atoms with Crippen molar-refractivity contribution in [1.29, 1.82) is 0 Å². The molecule has 3 nitrogen and oxygen atoms in total. The van der Waals surface area contributed by atoms with Crippen LogP contribution >= 0.6 is 0 Å². The summed E-state index contributed by atoms with van der Waals surface area (Å²) in [6.45, 7) is 5.60. The Labute approximate surface area is 184 Å². The summed E-state index contributed by atoms with van der Waals surface area (Å²) >= 11 is -0.322. The predicted octanol–water partition coefficient (Wildman–Crippen LogP) is 4.10. The van der Waals surface area contributed by atoms with Crippen LogP contribution in [0.25, 0.3) is 4.47 Å². The van der Waals surface area contributed by atoms with Crippen LogP contribution in [-0.2, 0) is 9.84 Å². The Hall–Kier alpha value is -2.43. The van der Waals surface area contributed by atoms with Crippen molar-refractivity contribution in [1.82, 2.24) is 0 Å². The molecule has 0 aliphatic rings. The third-order valence-electron chi connectivity index (χ3n) is 4.54. The van der Waals surface area contributed by atoms with Crippen LogP contribution in [-0.4, -0.2) is 34.6 Å². The van der Waals surface area contributed by atoms with Crippen molar-refractivity contribution in [2.75, 3.05) is 0 Å². The fraction of sp³-hybridized carbons (Fsp3) is 0.120. The number of hydrogen-bond donors (Lipinski definition) is 1. The fourth-order valence-corrected chi connectivity index (χ4v) is 7.62. The zero-order valence-corrected chi connectivity index (χ0v) is 19.3. The van der Waals surface area contributed by atoms with Gasteiger partial charge in [-0.25, -0.2) is 0 Å². The van der Waals surface area contributed by atoms with Gasteiger partial charge in [-0.05, 0) is 0 Å². The van der Waals surface area contributed by atoms with Gasteiger partial charge < -0.3 is 0 Å². The number of aryl methyl sites for hydroxylation is 1. The van der Waals surface area contributed by atoms with E-state index in [9.17, 15) is 13.5 Å². The molecule has 1 unspecified atom stereocenters. The van der Waals surface area contributed by atoms with E-state index in [0.29, 0.717) is 4.47 Å². The first-order valence-corrected chi connectivity index (χ1v) is 12.8. The van der Waals surface area contributed by atoms with Crippen LogP contribution in [0.2, 0.25) is 0 Å². The second-order valence-corrected chi connectivity index (χ2v) is 11.0. The molecule has 0 saturated heterocycles. The van der Waals surface area contributed by atoms with Crippen molar-refractivity contribution in [3.63, 3.8) is 0 Å². The summed E-state index contributed by atoms with van der Waals surface area (Å²) in [6, 6.07) is 26.0. The van der Waals surface area contributed by atoms with Crippen LogP contribution < -0.4 is 4.46 Å². The van der Waals surface area contributed by atoms with Crippen molar-refractivity contribution in [2.45, 2.75) is 24.3 Å². The van der Waals surface area contributed by atoms with E-state index in [-0.39, 0.29) is 31.2 Å². The molecule has 3 aromatic carbocycles. The number of aliphatic hydroxyl groups excluding tert-OH is 1. The second-order valence-electron chi connectivity index (χ2n) is 6.83. The molecule has 0 spiro atoms. The van der Waals surface area contributed by atoms with Crippen LogP contribution in [0.15, 0.2) is 107 Å². The average molecular weight is 483 g/mol. The van der Waals surface area contributed by atoms with E-state index in [1.54, 1.807) is 30.3 Å². The normalized spacial score (nSPS) is 13.4.